The molecule has 0 bridgehead atoms. The van der Waals surface area contributed by atoms with Crippen molar-refractivity contribution < 1.29 is 9.90 Å². The van der Waals surface area contributed by atoms with Crippen LogP contribution >= 0.6 is 22.9 Å². The Kier molecular flexibility index (Phi) is 2.78. The van der Waals surface area contributed by atoms with Crippen molar-refractivity contribution in [1.29, 1.82) is 0 Å². The lowest BCUT2D eigenvalue weighted by molar-refractivity contribution is -0.136. The molecule has 1 aromatic heterocycles. The van der Waals surface area contributed by atoms with Crippen LogP contribution in [0.15, 0.2) is 0 Å². The van der Waals surface area contributed by atoms with E-state index in [0.717, 1.165) is 0 Å². The lowest BCUT2D eigenvalue weighted by Crippen LogP contribution is -1.96. The van der Waals surface area contributed by atoms with Gasteiger partial charge in [-0.15, -0.1) is 10.2 Å². The van der Waals surface area contributed by atoms with E-state index >= 15 is 0 Å². The Bertz CT molecular complexity index is 263. The largest absolute Gasteiger partial charge is 0.481 e. The Morgan fingerprint density at radius 2 is 2.36 bits per heavy atom. The lowest BCUT2D eigenvalue weighted by Gasteiger charge is -1.87. The van der Waals surface area contributed by atoms with Gasteiger partial charge in [-0.2, -0.15) is 0 Å². The fraction of sp³-hybridized carbons (Fsp3) is 0.400. The van der Waals surface area contributed by atoms with E-state index in [1.54, 1.807) is 0 Å². The predicted octanol–water partition coefficient (Wildman–Crippen LogP) is 1.21. The van der Waals surface area contributed by atoms with Crippen LogP contribution in [0.5, 0.6) is 0 Å². The summed E-state index contributed by atoms with van der Waals surface area (Å²) < 4.78 is 0.352. The highest BCUT2D eigenvalue weighted by Gasteiger charge is 2.03. The van der Waals surface area contributed by atoms with Crippen molar-refractivity contribution in [2.75, 3.05) is 0 Å². The molecule has 11 heavy (non-hydrogen) atoms. The van der Waals surface area contributed by atoms with E-state index in [1.165, 1.54) is 11.3 Å². The van der Waals surface area contributed by atoms with Crippen LogP contribution in [0.2, 0.25) is 4.47 Å². The molecule has 60 valence electrons. The van der Waals surface area contributed by atoms with Gasteiger partial charge in [0.05, 0.1) is 6.42 Å². The van der Waals surface area contributed by atoms with Crippen molar-refractivity contribution in [1.82, 2.24) is 10.2 Å². The molecule has 1 N–H and O–H groups in total. The number of hydrogen-bond acceptors (Lipinski definition) is 4. The number of carbonyl (C=O) groups is 1. The van der Waals surface area contributed by atoms with Crippen LogP contribution in [0.4, 0.5) is 0 Å². The molecule has 0 aromatic carbocycles. The molecule has 0 spiro atoms. The molecule has 0 saturated heterocycles. The van der Waals surface area contributed by atoms with E-state index in [2.05, 4.69) is 10.2 Å². The summed E-state index contributed by atoms with van der Waals surface area (Å²) in [6.45, 7) is 0. The normalized spacial score (nSPS) is 9.91. The fourth-order valence-corrected chi connectivity index (χ4v) is 1.41. The molecular formula is C5H5ClN2O2S. The Hall–Kier alpha value is -0.680. The van der Waals surface area contributed by atoms with E-state index in [0.29, 0.717) is 15.9 Å². The SMILES string of the molecule is O=C(O)CCc1nnc(Cl)s1. The van der Waals surface area contributed by atoms with Gasteiger partial charge in [0.1, 0.15) is 5.01 Å². The third kappa shape index (κ3) is 2.81. The van der Waals surface area contributed by atoms with Gasteiger partial charge in [-0.1, -0.05) is 11.3 Å². The number of aryl methyl sites for hydroxylation is 1. The maximum Gasteiger partial charge on any atom is 0.303 e. The molecule has 0 amide bonds. The minimum atomic E-state index is -0.837. The van der Waals surface area contributed by atoms with Crippen molar-refractivity contribution in [2.45, 2.75) is 12.8 Å². The van der Waals surface area contributed by atoms with Crippen LogP contribution in [-0.2, 0) is 11.2 Å². The summed E-state index contributed by atoms with van der Waals surface area (Å²) in [5.74, 6) is -0.837. The van der Waals surface area contributed by atoms with Gasteiger partial charge < -0.3 is 5.11 Å². The van der Waals surface area contributed by atoms with Crippen LogP contribution < -0.4 is 0 Å². The van der Waals surface area contributed by atoms with E-state index in [1.807, 2.05) is 0 Å². The van der Waals surface area contributed by atoms with E-state index in [4.69, 9.17) is 16.7 Å². The number of carboxylic acids is 1. The zero-order chi connectivity index (χ0) is 8.27. The standard InChI is InChI=1S/C5H5ClN2O2S/c6-5-8-7-3(11-5)1-2-4(9)10/h1-2H2,(H,9,10). The summed E-state index contributed by atoms with van der Waals surface area (Å²) in [5.41, 5.74) is 0. The van der Waals surface area contributed by atoms with Crippen LogP contribution in [0, 0.1) is 0 Å². The van der Waals surface area contributed by atoms with Gasteiger partial charge in [0.2, 0.25) is 4.47 Å². The highest BCUT2D eigenvalue weighted by Crippen LogP contribution is 2.15. The van der Waals surface area contributed by atoms with Gasteiger partial charge in [0.15, 0.2) is 0 Å². The first-order valence-corrected chi connectivity index (χ1v) is 4.07. The summed E-state index contributed by atoms with van der Waals surface area (Å²) in [7, 11) is 0. The molecule has 0 radical (unpaired) electrons. The van der Waals surface area contributed by atoms with Gasteiger partial charge in [-0.05, 0) is 11.6 Å². The van der Waals surface area contributed by atoms with Gasteiger partial charge in [-0.25, -0.2) is 0 Å². The molecule has 0 saturated carbocycles. The molecule has 4 nitrogen and oxygen atoms in total. The first kappa shape index (κ1) is 8.42. The Labute approximate surface area is 71.8 Å². The summed E-state index contributed by atoms with van der Waals surface area (Å²) in [5, 5.41) is 16.2. The number of aliphatic carboxylic acids is 1. The summed E-state index contributed by atoms with van der Waals surface area (Å²) >= 11 is 6.68. The van der Waals surface area contributed by atoms with Crippen LogP contribution in [0.3, 0.4) is 0 Å². The minimum absolute atomic E-state index is 0.0749. The van der Waals surface area contributed by atoms with Crippen molar-refractivity contribution in [2.24, 2.45) is 0 Å². The summed E-state index contributed by atoms with van der Waals surface area (Å²) in [4.78, 5) is 10.1. The summed E-state index contributed by atoms with van der Waals surface area (Å²) in [6.07, 6.45) is 0.477. The number of nitrogens with zero attached hydrogens (tertiary/aromatic N) is 2. The van der Waals surface area contributed by atoms with Crippen molar-refractivity contribution >= 4 is 28.9 Å². The molecule has 1 heterocycles. The predicted molar refractivity (Wildman–Crippen MR) is 40.9 cm³/mol. The van der Waals surface area contributed by atoms with Crippen molar-refractivity contribution in [3.63, 3.8) is 0 Å². The maximum absolute atomic E-state index is 10.1. The first-order valence-electron chi connectivity index (χ1n) is 2.88. The monoisotopic (exact) mass is 192 g/mol. The van der Waals surface area contributed by atoms with Gasteiger partial charge in [0.25, 0.3) is 0 Å². The van der Waals surface area contributed by atoms with Gasteiger partial charge in [-0.3, -0.25) is 4.79 Å². The lowest BCUT2D eigenvalue weighted by atomic mass is 10.3. The van der Waals surface area contributed by atoms with E-state index < -0.39 is 5.97 Å². The Balaban J connectivity index is 2.45. The van der Waals surface area contributed by atoms with E-state index in [-0.39, 0.29) is 6.42 Å². The Morgan fingerprint density at radius 1 is 1.64 bits per heavy atom. The zero-order valence-corrected chi connectivity index (χ0v) is 7.02. The third-order valence-corrected chi connectivity index (χ3v) is 2.07. The second kappa shape index (κ2) is 3.64. The second-order valence-corrected chi connectivity index (χ2v) is 3.49. The molecule has 1 aromatic rings. The fourth-order valence-electron chi connectivity index (χ4n) is 0.548. The van der Waals surface area contributed by atoms with Crippen LogP contribution in [0.1, 0.15) is 11.4 Å². The number of aromatic nitrogens is 2. The second-order valence-electron chi connectivity index (χ2n) is 1.84. The quantitative estimate of drug-likeness (QED) is 0.782. The maximum atomic E-state index is 10.1. The molecule has 0 fully saturated rings. The smallest absolute Gasteiger partial charge is 0.303 e. The van der Waals surface area contributed by atoms with Gasteiger partial charge >= 0.3 is 5.97 Å². The average molecular weight is 193 g/mol. The first-order chi connectivity index (χ1) is 5.18. The number of hydrogen-bond donors (Lipinski definition) is 1. The molecule has 6 heteroatoms. The molecule has 0 aliphatic carbocycles. The van der Waals surface area contributed by atoms with Crippen molar-refractivity contribution in [3.8, 4) is 0 Å². The molecule has 0 atom stereocenters. The van der Waals surface area contributed by atoms with Crippen LogP contribution in [-0.4, -0.2) is 21.3 Å². The van der Waals surface area contributed by atoms with Crippen molar-refractivity contribution in [3.05, 3.63) is 9.47 Å². The zero-order valence-electron chi connectivity index (χ0n) is 5.45. The highest BCUT2D eigenvalue weighted by atomic mass is 35.5. The minimum Gasteiger partial charge on any atom is -0.481 e. The summed E-state index contributed by atoms with van der Waals surface area (Å²) in [6, 6.07) is 0. The third-order valence-electron chi connectivity index (χ3n) is 0.995. The molecule has 1 rings (SSSR count). The topological polar surface area (TPSA) is 63.1 Å². The van der Waals surface area contributed by atoms with E-state index in [9.17, 15) is 4.79 Å². The number of halogens is 1. The number of rotatable bonds is 3. The molecule has 0 unspecified atom stereocenters. The number of carboxylic acid groups (broad SMARTS) is 1. The molecule has 0 aliphatic heterocycles. The molecule has 0 aliphatic rings. The van der Waals surface area contributed by atoms with Crippen LogP contribution in [0.25, 0.3) is 0 Å². The van der Waals surface area contributed by atoms with Gasteiger partial charge in [0, 0.05) is 6.42 Å². The average Bonchev–Trinajstić information content (AvgIpc) is 2.31. The highest BCUT2D eigenvalue weighted by molar-refractivity contribution is 7.15. The Morgan fingerprint density at radius 3 is 2.82 bits per heavy atom. The molecular weight excluding hydrogens is 188 g/mol.